The van der Waals surface area contributed by atoms with Crippen LogP contribution in [0, 0.1) is 13.8 Å². The molecule has 0 aliphatic carbocycles. The highest BCUT2D eigenvalue weighted by molar-refractivity contribution is 5.99. The summed E-state index contributed by atoms with van der Waals surface area (Å²) < 4.78 is 1.67. The number of fused-ring (bicyclic) bond motifs is 3. The minimum Gasteiger partial charge on any atom is -0.339 e. The fraction of sp³-hybridized carbons (Fsp3) is 0.154. The van der Waals surface area contributed by atoms with Gasteiger partial charge in [0.1, 0.15) is 0 Å². The van der Waals surface area contributed by atoms with E-state index in [1.165, 1.54) is 5.39 Å². The van der Waals surface area contributed by atoms with E-state index < -0.39 is 0 Å². The summed E-state index contributed by atoms with van der Waals surface area (Å²) >= 11 is 0. The summed E-state index contributed by atoms with van der Waals surface area (Å²) in [4.78, 5) is 4.65. The molecule has 1 aromatic carbocycles. The average molecular weight is 211 g/mol. The van der Waals surface area contributed by atoms with Crippen molar-refractivity contribution in [3.05, 3.63) is 41.7 Å². The van der Waals surface area contributed by atoms with Crippen molar-refractivity contribution in [2.45, 2.75) is 13.8 Å². The highest BCUT2D eigenvalue weighted by atomic mass is 15.3. The highest BCUT2D eigenvalue weighted by Gasteiger charge is 2.17. The molecule has 80 valence electrons. The second-order valence-corrected chi connectivity index (χ2v) is 4.16. The van der Waals surface area contributed by atoms with Crippen LogP contribution in [-0.4, -0.2) is 9.66 Å². The van der Waals surface area contributed by atoms with Crippen LogP contribution >= 0.6 is 0 Å². The minimum absolute atomic E-state index is 1.04. The zero-order valence-corrected chi connectivity index (χ0v) is 9.36. The predicted octanol–water partition coefficient (Wildman–Crippen LogP) is 2.47. The fourth-order valence-electron chi connectivity index (χ4n) is 2.23. The van der Waals surface area contributed by atoms with Crippen molar-refractivity contribution >= 4 is 10.9 Å². The Morgan fingerprint density at radius 1 is 1.19 bits per heavy atom. The Bertz CT molecular complexity index is 652. The van der Waals surface area contributed by atoms with Crippen molar-refractivity contribution in [2.24, 2.45) is 0 Å². The van der Waals surface area contributed by atoms with E-state index in [4.69, 9.17) is 5.84 Å². The maximum absolute atomic E-state index is 5.93. The Kier molecular flexibility index (Phi) is 1.72. The van der Waals surface area contributed by atoms with Crippen molar-refractivity contribution in [3.8, 4) is 11.3 Å². The van der Waals surface area contributed by atoms with E-state index in [1.807, 2.05) is 38.2 Å². The van der Waals surface area contributed by atoms with Gasteiger partial charge in [-0.15, -0.1) is 0 Å². The van der Waals surface area contributed by atoms with Crippen LogP contribution in [0.25, 0.3) is 22.2 Å². The standard InChI is InChI=1S/C13H13N3/c1-8-7-16(14)9(2)12-10-5-3-4-6-11(10)15-13(8)12/h3-7H,14H2,1-2H3. The van der Waals surface area contributed by atoms with Crippen LogP contribution in [0.4, 0.5) is 0 Å². The number of pyridine rings is 1. The van der Waals surface area contributed by atoms with Crippen molar-refractivity contribution in [3.63, 3.8) is 0 Å². The van der Waals surface area contributed by atoms with Crippen molar-refractivity contribution in [1.82, 2.24) is 9.66 Å². The Labute approximate surface area is 93.8 Å². The number of aryl methyl sites for hydroxylation is 1. The zero-order valence-electron chi connectivity index (χ0n) is 9.36. The van der Waals surface area contributed by atoms with Crippen molar-refractivity contribution in [1.29, 1.82) is 0 Å². The van der Waals surface area contributed by atoms with Gasteiger partial charge in [-0.2, -0.15) is 0 Å². The number of hydrogen-bond donors (Lipinski definition) is 1. The zero-order chi connectivity index (χ0) is 11.3. The molecule has 0 bridgehead atoms. The summed E-state index contributed by atoms with van der Waals surface area (Å²) in [7, 11) is 0. The number of nitrogen functional groups attached to an aromatic ring is 1. The Hall–Kier alpha value is -2.03. The normalized spacial score (nSPS) is 11.4. The van der Waals surface area contributed by atoms with Crippen LogP contribution in [0.5, 0.6) is 0 Å². The third-order valence-corrected chi connectivity index (χ3v) is 3.10. The lowest BCUT2D eigenvalue weighted by molar-refractivity contribution is 0.921. The largest absolute Gasteiger partial charge is 0.339 e. The lowest BCUT2D eigenvalue weighted by Gasteiger charge is -2.12. The smallest absolute Gasteiger partial charge is 0.0779 e. The van der Waals surface area contributed by atoms with E-state index >= 15 is 0 Å². The SMILES string of the molecule is Cc1cn(N)c(C)c2c3ccccc3nc1-2. The molecule has 3 heteroatoms. The first-order valence-electron chi connectivity index (χ1n) is 5.30. The van der Waals surface area contributed by atoms with Gasteiger partial charge in [0.05, 0.1) is 11.2 Å². The molecule has 0 fully saturated rings. The van der Waals surface area contributed by atoms with E-state index in [1.54, 1.807) is 4.68 Å². The summed E-state index contributed by atoms with van der Waals surface area (Å²) in [6.07, 6.45) is 1.92. The third kappa shape index (κ3) is 1.05. The molecule has 1 aromatic rings. The van der Waals surface area contributed by atoms with Gasteiger partial charge >= 0.3 is 0 Å². The van der Waals surface area contributed by atoms with Crippen molar-refractivity contribution in [2.75, 3.05) is 5.84 Å². The van der Waals surface area contributed by atoms with Gasteiger partial charge in [-0.3, -0.25) is 4.68 Å². The number of rotatable bonds is 0. The van der Waals surface area contributed by atoms with Gasteiger partial charge in [0, 0.05) is 22.8 Å². The van der Waals surface area contributed by atoms with Crippen LogP contribution < -0.4 is 5.84 Å². The molecular weight excluding hydrogens is 198 g/mol. The molecule has 0 saturated heterocycles. The van der Waals surface area contributed by atoms with E-state index in [0.717, 1.165) is 28.0 Å². The van der Waals surface area contributed by atoms with Crippen LogP contribution in [-0.2, 0) is 0 Å². The van der Waals surface area contributed by atoms with Gasteiger partial charge in [-0.1, -0.05) is 18.2 Å². The van der Waals surface area contributed by atoms with Crippen LogP contribution in [0.15, 0.2) is 30.5 Å². The summed E-state index contributed by atoms with van der Waals surface area (Å²) in [6.45, 7) is 4.06. The number of nitrogens with two attached hydrogens (primary N) is 1. The summed E-state index contributed by atoms with van der Waals surface area (Å²) in [5, 5.41) is 1.18. The number of hydrogen-bond acceptors (Lipinski definition) is 2. The van der Waals surface area contributed by atoms with Gasteiger partial charge in [0.25, 0.3) is 0 Å². The number of aromatic nitrogens is 2. The lowest BCUT2D eigenvalue weighted by atomic mass is 10.0. The van der Waals surface area contributed by atoms with Gasteiger partial charge in [0.2, 0.25) is 0 Å². The Balaban J connectivity index is 2.58. The van der Waals surface area contributed by atoms with E-state index in [-0.39, 0.29) is 0 Å². The van der Waals surface area contributed by atoms with Gasteiger partial charge in [0.15, 0.2) is 0 Å². The Morgan fingerprint density at radius 3 is 2.75 bits per heavy atom. The predicted molar refractivity (Wildman–Crippen MR) is 66.0 cm³/mol. The minimum atomic E-state index is 1.04. The van der Waals surface area contributed by atoms with Gasteiger partial charge < -0.3 is 5.84 Å². The molecule has 3 nitrogen and oxygen atoms in total. The third-order valence-electron chi connectivity index (χ3n) is 3.10. The first kappa shape index (κ1) is 9.21. The molecule has 0 atom stereocenters. The molecule has 0 amide bonds. The molecule has 16 heavy (non-hydrogen) atoms. The molecule has 0 saturated carbocycles. The summed E-state index contributed by atoms with van der Waals surface area (Å²) in [5.74, 6) is 5.93. The van der Waals surface area contributed by atoms with Crippen molar-refractivity contribution < 1.29 is 0 Å². The maximum atomic E-state index is 5.93. The second kappa shape index (κ2) is 2.98. The molecule has 0 unspecified atom stereocenters. The number of para-hydroxylation sites is 1. The number of nitrogens with zero attached hydrogens (tertiary/aromatic N) is 2. The monoisotopic (exact) mass is 211 g/mol. The van der Waals surface area contributed by atoms with E-state index in [0.29, 0.717) is 0 Å². The molecule has 2 aliphatic heterocycles. The molecule has 2 aliphatic rings. The Morgan fingerprint density at radius 2 is 1.94 bits per heavy atom. The molecule has 3 rings (SSSR count). The van der Waals surface area contributed by atoms with Crippen LogP contribution in [0.1, 0.15) is 11.3 Å². The quantitative estimate of drug-likeness (QED) is 0.580. The van der Waals surface area contributed by atoms with Gasteiger partial charge in [-0.25, -0.2) is 4.98 Å². The van der Waals surface area contributed by atoms with Crippen LogP contribution in [0.2, 0.25) is 0 Å². The topological polar surface area (TPSA) is 43.8 Å². The molecule has 0 radical (unpaired) electrons. The summed E-state index contributed by atoms with van der Waals surface area (Å²) in [5.41, 5.74) is 5.42. The first-order chi connectivity index (χ1) is 7.68. The second-order valence-electron chi connectivity index (χ2n) is 4.16. The molecule has 2 N–H and O–H groups in total. The highest BCUT2D eigenvalue weighted by Crippen LogP contribution is 2.35. The first-order valence-corrected chi connectivity index (χ1v) is 5.30. The number of benzene rings is 1. The van der Waals surface area contributed by atoms with E-state index in [9.17, 15) is 0 Å². The molecule has 2 heterocycles. The maximum Gasteiger partial charge on any atom is 0.0779 e. The molecule has 0 spiro atoms. The average Bonchev–Trinajstić information content (AvgIpc) is 2.66. The van der Waals surface area contributed by atoms with E-state index in [2.05, 4.69) is 11.1 Å². The summed E-state index contributed by atoms with van der Waals surface area (Å²) in [6, 6.07) is 8.17. The molecule has 0 aromatic heterocycles. The van der Waals surface area contributed by atoms with Gasteiger partial charge in [-0.05, 0) is 25.5 Å². The lowest BCUT2D eigenvalue weighted by Crippen LogP contribution is -2.14. The molecular formula is C13H13N3. The van der Waals surface area contributed by atoms with Crippen LogP contribution in [0.3, 0.4) is 0 Å². The fourth-order valence-corrected chi connectivity index (χ4v) is 2.23.